The van der Waals surface area contributed by atoms with Gasteiger partial charge in [0.05, 0.1) is 13.1 Å². The third-order valence-corrected chi connectivity index (χ3v) is 4.02. The van der Waals surface area contributed by atoms with E-state index >= 15 is 0 Å². The molecule has 13 heavy (non-hydrogen) atoms. The van der Waals surface area contributed by atoms with Crippen LogP contribution in [0.2, 0.25) is 0 Å². The van der Waals surface area contributed by atoms with Crippen molar-refractivity contribution in [1.29, 1.82) is 0 Å². The van der Waals surface area contributed by atoms with Gasteiger partial charge in [0, 0.05) is 6.04 Å². The number of hydrogen-bond donors (Lipinski definition) is 1. The van der Waals surface area contributed by atoms with Gasteiger partial charge in [-0.1, -0.05) is 0 Å². The van der Waals surface area contributed by atoms with Gasteiger partial charge in [-0.05, 0) is 19.4 Å². The van der Waals surface area contributed by atoms with E-state index in [0.29, 0.717) is 6.04 Å². The Morgan fingerprint density at radius 2 is 2.31 bits per heavy atom. The van der Waals surface area contributed by atoms with Gasteiger partial charge >= 0.3 is 0 Å². The molecule has 0 aliphatic carbocycles. The van der Waals surface area contributed by atoms with E-state index < -0.39 is 0 Å². The molecule has 2 rings (SSSR count). The Bertz CT molecular complexity index is 296. The first kappa shape index (κ1) is 9.02. The maximum Gasteiger partial charge on any atom is 0.141 e. The fourth-order valence-electron chi connectivity index (χ4n) is 1.74. The van der Waals surface area contributed by atoms with Gasteiger partial charge in [-0.15, -0.1) is 0 Å². The minimum atomic E-state index is -0.0113. The molecule has 0 amide bonds. The second kappa shape index (κ2) is 3.31. The molecular formula is C8H16N4S. The zero-order valence-electron chi connectivity index (χ0n) is 8.30. The zero-order chi connectivity index (χ0) is 9.42. The minimum absolute atomic E-state index is 0.0113. The summed E-state index contributed by atoms with van der Waals surface area (Å²) in [5, 5.41) is 4.19. The van der Waals surface area contributed by atoms with Crippen molar-refractivity contribution in [3.8, 4) is 0 Å². The van der Waals surface area contributed by atoms with E-state index in [0.717, 1.165) is 18.9 Å². The van der Waals surface area contributed by atoms with E-state index in [-0.39, 0.29) is 11.1 Å². The topological polar surface area (TPSA) is 34.0 Å². The van der Waals surface area contributed by atoms with Crippen LogP contribution < -0.4 is 0 Å². The lowest BCUT2D eigenvalue weighted by Gasteiger charge is -2.37. The van der Waals surface area contributed by atoms with Gasteiger partial charge in [-0.25, -0.2) is 20.7 Å². The van der Waals surface area contributed by atoms with Crippen LogP contribution in [0.15, 0.2) is 6.33 Å². The highest BCUT2D eigenvalue weighted by Crippen LogP contribution is 2.29. The summed E-state index contributed by atoms with van der Waals surface area (Å²) in [6, 6.07) is 0.593. The summed E-state index contributed by atoms with van der Waals surface area (Å²) in [4.78, 5) is 4.24. The van der Waals surface area contributed by atoms with Crippen molar-refractivity contribution < 1.29 is 0 Å². The molecule has 1 unspecified atom stereocenters. The van der Waals surface area contributed by atoms with Crippen LogP contribution in [0.3, 0.4) is 0 Å². The molecule has 0 N–H and O–H groups in total. The van der Waals surface area contributed by atoms with Crippen molar-refractivity contribution in [3.63, 3.8) is 0 Å². The highest BCUT2D eigenvalue weighted by atomic mass is 32.2. The summed E-state index contributed by atoms with van der Waals surface area (Å²) in [6.07, 6.45) is 6.23. The largest absolute Gasteiger partial charge is 0.258 e. The van der Waals surface area contributed by atoms with Gasteiger partial charge in [0.25, 0.3) is 0 Å². The Morgan fingerprint density at radius 3 is 3.00 bits per heavy atom. The van der Waals surface area contributed by atoms with Gasteiger partial charge in [0.15, 0.2) is 0 Å². The number of aromatic nitrogens is 3. The highest BCUT2D eigenvalue weighted by Gasteiger charge is 2.24. The smallest absolute Gasteiger partial charge is 0.141 e. The molecule has 1 atom stereocenters. The maximum absolute atomic E-state index is 4.24. The molecule has 0 fully saturated rings. The summed E-state index contributed by atoms with van der Waals surface area (Å²) in [5.41, 5.74) is 0. The molecule has 1 aliphatic heterocycles. The molecular weight excluding hydrogens is 184 g/mol. The van der Waals surface area contributed by atoms with Gasteiger partial charge in [0.2, 0.25) is 0 Å². The quantitative estimate of drug-likeness (QED) is 0.676. The molecule has 0 bridgehead atoms. The van der Waals surface area contributed by atoms with Crippen LogP contribution in [0.5, 0.6) is 0 Å². The van der Waals surface area contributed by atoms with Crippen molar-refractivity contribution >= 4 is 11.1 Å². The van der Waals surface area contributed by atoms with Crippen molar-refractivity contribution in [2.45, 2.75) is 26.1 Å². The third kappa shape index (κ3) is 1.58. The normalized spacial score (nSPS) is 24.2. The van der Waals surface area contributed by atoms with Gasteiger partial charge < -0.3 is 0 Å². The highest BCUT2D eigenvalue weighted by molar-refractivity contribution is 8.13. The first-order chi connectivity index (χ1) is 6.18. The molecule has 1 aromatic rings. The average Bonchev–Trinajstić information content (AvgIpc) is 2.48. The average molecular weight is 200 g/mol. The molecule has 2 heterocycles. The lowest BCUT2D eigenvalue weighted by atomic mass is 10.3. The summed E-state index contributed by atoms with van der Waals surface area (Å²) in [6.45, 7) is 4.20. The standard InChI is InChI=1S/C8H16N4S/c1-7-4-11-8(9-6-10-11)5-12(7)13(2)3/h6-7,13H,4-5H2,1-3H3. The van der Waals surface area contributed by atoms with Crippen LogP contribution in [0.25, 0.3) is 0 Å². The van der Waals surface area contributed by atoms with E-state index in [2.05, 4.69) is 33.8 Å². The van der Waals surface area contributed by atoms with Crippen molar-refractivity contribution in [2.24, 2.45) is 0 Å². The Hall–Kier alpha value is -0.550. The lowest BCUT2D eigenvalue weighted by Crippen LogP contribution is -2.39. The third-order valence-electron chi connectivity index (χ3n) is 2.46. The Balaban J connectivity index is 2.22. The number of thiol groups is 1. The second-order valence-electron chi connectivity index (χ2n) is 3.65. The molecule has 0 radical (unpaired) electrons. The monoisotopic (exact) mass is 200 g/mol. The molecule has 4 nitrogen and oxygen atoms in total. The predicted octanol–water partition coefficient (Wildman–Crippen LogP) is 0.658. The van der Waals surface area contributed by atoms with Crippen LogP contribution in [-0.2, 0) is 13.1 Å². The number of fused-ring (bicyclic) bond motifs is 1. The Morgan fingerprint density at radius 1 is 1.54 bits per heavy atom. The van der Waals surface area contributed by atoms with E-state index in [9.17, 15) is 0 Å². The van der Waals surface area contributed by atoms with Crippen LogP contribution in [0, 0.1) is 0 Å². The minimum Gasteiger partial charge on any atom is -0.258 e. The number of hydrogen-bond acceptors (Lipinski definition) is 3. The van der Waals surface area contributed by atoms with Crippen LogP contribution >= 0.6 is 11.1 Å². The number of rotatable bonds is 1. The molecule has 0 saturated carbocycles. The number of nitrogens with zero attached hydrogens (tertiary/aromatic N) is 4. The molecule has 1 aliphatic rings. The summed E-state index contributed by atoms with van der Waals surface area (Å²) in [7, 11) is 0. The van der Waals surface area contributed by atoms with Gasteiger partial charge in [-0.3, -0.25) is 4.31 Å². The van der Waals surface area contributed by atoms with Gasteiger partial charge in [0.1, 0.15) is 12.2 Å². The summed E-state index contributed by atoms with van der Waals surface area (Å²) >= 11 is -0.0113. The van der Waals surface area contributed by atoms with E-state index in [1.165, 1.54) is 0 Å². The molecule has 0 saturated heterocycles. The second-order valence-corrected chi connectivity index (χ2v) is 5.86. The van der Waals surface area contributed by atoms with E-state index in [1.54, 1.807) is 6.33 Å². The van der Waals surface area contributed by atoms with Crippen LogP contribution in [-0.4, -0.2) is 37.6 Å². The Labute approximate surface area is 81.4 Å². The molecule has 0 aromatic carbocycles. The maximum atomic E-state index is 4.24. The summed E-state index contributed by atoms with van der Waals surface area (Å²) in [5.74, 6) is 1.11. The van der Waals surface area contributed by atoms with Gasteiger partial charge in [-0.2, -0.15) is 5.10 Å². The lowest BCUT2D eigenvalue weighted by molar-refractivity contribution is 0.264. The SMILES string of the molecule is CC1Cn2ncnc2CN1[SH](C)C. The fourth-order valence-corrected chi connectivity index (χ4v) is 3.01. The first-order valence-electron chi connectivity index (χ1n) is 4.49. The van der Waals surface area contributed by atoms with Crippen molar-refractivity contribution in [3.05, 3.63) is 12.2 Å². The van der Waals surface area contributed by atoms with E-state index in [1.807, 2.05) is 4.68 Å². The molecule has 74 valence electrons. The van der Waals surface area contributed by atoms with E-state index in [4.69, 9.17) is 0 Å². The van der Waals surface area contributed by atoms with Crippen LogP contribution in [0.4, 0.5) is 0 Å². The molecule has 1 aromatic heterocycles. The van der Waals surface area contributed by atoms with Crippen molar-refractivity contribution in [2.75, 3.05) is 12.5 Å². The predicted molar refractivity (Wildman–Crippen MR) is 55.9 cm³/mol. The molecule has 0 spiro atoms. The van der Waals surface area contributed by atoms with Crippen molar-refractivity contribution in [1.82, 2.24) is 19.1 Å². The Kier molecular flexibility index (Phi) is 2.29. The van der Waals surface area contributed by atoms with Crippen LogP contribution in [0.1, 0.15) is 12.7 Å². The molecule has 5 heteroatoms. The first-order valence-corrected chi connectivity index (χ1v) is 6.68. The summed E-state index contributed by atoms with van der Waals surface area (Å²) < 4.78 is 4.53. The fraction of sp³-hybridized carbons (Fsp3) is 0.750. The zero-order valence-corrected chi connectivity index (χ0v) is 9.20.